The van der Waals surface area contributed by atoms with Gasteiger partial charge < -0.3 is 0 Å². The fourth-order valence-corrected chi connectivity index (χ4v) is 1.89. The maximum absolute atomic E-state index is 13.7. The van der Waals surface area contributed by atoms with Gasteiger partial charge in [0.1, 0.15) is 11.6 Å². The summed E-state index contributed by atoms with van der Waals surface area (Å²) in [5, 5.41) is 0. The monoisotopic (exact) mass is 244 g/mol. The lowest BCUT2D eigenvalue weighted by molar-refractivity contribution is 0.597. The van der Waals surface area contributed by atoms with E-state index in [1.165, 1.54) is 6.07 Å². The maximum atomic E-state index is 13.7. The molecule has 0 nitrogen and oxygen atoms in total. The Bertz CT molecular complexity index is 583. The minimum Gasteiger partial charge on any atom is -0.207 e. The molecule has 2 heteroatoms. The van der Waals surface area contributed by atoms with Crippen molar-refractivity contribution in [1.29, 1.82) is 0 Å². The van der Waals surface area contributed by atoms with E-state index in [0.29, 0.717) is 5.56 Å². The van der Waals surface area contributed by atoms with E-state index in [2.05, 4.69) is 0 Å². The average molecular weight is 244 g/mol. The molecule has 0 spiro atoms. The highest BCUT2D eigenvalue weighted by Crippen LogP contribution is 2.27. The van der Waals surface area contributed by atoms with Gasteiger partial charge in [-0.15, -0.1) is 0 Å². The van der Waals surface area contributed by atoms with Gasteiger partial charge in [0.25, 0.3) is 0 Å². The number of hydrogen-bond acceptors (Lipinski definition) is 0. The first-order valence-electron chi connectivity index (χ1n) is 5.78. The Hall–Kier alpha value is -1.96. The second-order valence-electron chi connectivity index (χ2n) is 4.24. The van der Waals surface area contributed by atoms with Crippen LogP contribution in [0.3, 0.4) is 0 Å². The van der Waals surface area contributed by atoms with Crippen molar-refractivity contribution in [2.75, 3.05) is 0 Å². The molecule has 0 aliphatic heterocycles. The van der Waals surface area contributed by atoms with E-state index in [0.717, 1.165) is 28.8 Å². The molecule has 0 atom stereocenters. The summed E-state index contributed by atoms with van der Waals surface area (Å²) in [6.45, 7) is 3.72. The first kappa shape index (κ1) is 12.5. The van der Waals surface area contributed by atoms with Gasteiger partial charge in [0, 0.05) is 5.56 Å². The molecule has 0 fully saturated rings. The first-order chi connectivity index (χ1) is 8.59. The average Bonchev–Trinajstić information content (AvgIpc) is 2.41. The fourth-order valence-electron chi connectivity index (χ4n) is 1.89. The van der Waals surface area contributed by atoms with Crippen molar-refractivity contribution in [2.24, 2.45) is 0 Å². The number of rotatable bonds is 2. The van der Waals surface area contributed by atoms with Crippen LogP contribution in [0.4, 0.5) is 8.78 Å². The molecule has 0 radical (unpaired) electrons. The molecule has 0 saturated heterocycles. The third kappa shape index (κ3) is 2.48. The van der Waals surface area contributed by atoms with E-state index in [4.69, 9.17) is 0 Å². The van der Waals surface area contributed by atoms with Gasteiger partial charge in [-0.1, -0.05) is 30.3 Å². The van der Waals surface area contributed by atoms with Gasteiger partial charge in [-0.25, -0.2) is 8.78 Å². The predicted octanol–water partition coefficient (Wildman–Crippen LogP) is 4.92. The normalized spacial score (nSPS) is 12.2. The van der Waals surface area contributed by atoms with Gasteiger partial charge in [-0.3, -0.25) is 0 Å². The van der Waals surface area contributed by atoms with Crippen LogP contribution in [0.5, 0.6) is 0 Å². The Morgan fingerprint density at radius 1 is 0.833 bits per heavy atom. The van der Waals surface area contributed by atoms with Gasteiger partial charge in [0.05, 0.1) is 0 Å². The van der Waals surface area contributed by atoms with E-state index in [1.54, 1.807) is 6.92 Å². The molecular weight excluding hydrogens is 230 g/mol. The summed E-state index contributed by atoms with van der Waals surface area (Å²) >= 11 is 0. The van der Waals surface area contributed by atoms with Crippen LogP contribution < -0.4 is 0 Å². The number of benzene rings is 2. The Kier molecular flexibility index (Phi) is 3.56. The summed E-state index contributed by atoms with van der Waals surface area (Å²) in [5.41, 5.74) is 3.02. The van der Waals surface area contributed by atoms with Crippen LogP contribution in [0.15, 0.2) is 48.5 Å². The van der Waals surface area contributed by atoms with E-state index < -0.39 is 11.6 Å². The molecular formula is C16H14F2. The van der Waals surface area contributed by atoms with E-state index >= 15 is 0 Å². The van der Waals surface area contributed by atoms with Gasteiger partial charge >= 0.3 is 0 Å². The predicted molar refractivity (Wildman–Crippen MR) is 71.0 cm³/mol. The lowest BCUT2D eigenvalue weighted by atomic mass is 9.97. The molecule has 0 aromatic heterocycles. The second kappa shape index (κ2) is 5.13. The molecule has 18 heavy (non-hydrogen) atoms. The van der Waals surface area contributed by atoms with Crippen molar-refractivity contribution >= 4 is 11.1 Å². The van der Waals surface area contributed by atoms with Crippen LogP contribution in [0.1, 0.15) is 25.0 Å². The van der Waals surface area contributed by atoms with Crippen molar-refractivity contribution in [3.8, 4) is 0 Å². The summed E-state index contributed by atoms with van der Waals surface area (Å²) in [5.74, 6) is -0.823. The Morgan fingerprint density at radius 3 is 2.17 bits per heavy atom. The van der Waals surface area contributed by atoms with Crippen molar-refractivity contribution in [2.45, 2.75) is 13.8 Å². The first-order valence-corrected chi connectivity index (χ1v) is 5.78. The molecule has 92 valence electrons. The van der Waals surface area contributed by atoms with Crippen molar-refractivity contribution in [3.05, 3.63) is 71.3 Å². The largest absolute Gasteiger partial charge is 0.207 e. The zero-order valence-corrected chi connectivity index (χ0v) is 10.4. The SMILES string of the molecule is C/C(=C(\C)c1cc(F)ccc1F)c1ccccc1. The zero-order chi connectivity index (χ0) is 13.1. The number of allylic oxidation sites excluding steroid dienone is 2. The molecule has 2 aromatic carbocycles. The molecule has 0 heterocycles. The van der Waals surface area contributed by atoms with Crippen LogP contribution >= 0.6 is 0 Å². The quantitative estimate of drug-likeness (QED) is 0.658. The lowest BCUT2D eigenvalue weighted by Gasteiger charge is -2.09. The zero-order valence-electron chi connectivity index (χ0n) is 10.4. The van der Waals surface area contributed by atoms with Crippen LogP contribution in [0, 0.1) is 11.6 Å². The molecule has 0 aliphatic rings. The highest BCUT2D eigenvalue weighted by atomic mass is 19.1. The molecule has 0 unspecified atom stereocenters. The molecule has 0 amide bonds. The van der Waals surface area contributed by atoms with Crippen LogP contribution in [0.2, 0.25) is 0 Å². The summed E-state index contributed by atoms with van der Waals surface area (Å²) < 4.78 is 26.9. The van der Waals surface area contributed by atoms with Crippen molar-refractivity contribution < 1.29 is 8.78 Å². The second-order valence-corrected chi connectivity index (χ2v) is 4.24. The Morgan fingerprint density at radius 2 is 1.50 bits per heavy atom. The third-order valence-electron chi connectivity index (χ3n) is 3.10. The molecule has 0 saturated carbocycles. The minimum absolute atomic E-state index is 0.316. The van der Waals surface area contributed by atoms with E-state index in [1.807, 2.05) is 37.3 Å². The van der Waals surface area contributed by atoms with Crippen LogP contribution in [0.25, 0.3) is 11.1 Å². The fraction of sp³-hybridized carbons (Fsp3) is 0.125. The maximum Gasteiger partial charge on any atom is 0.130 e. The topological polar surface area (TPSA) is 0 Å². The van der Waals surface area contributed by atoms with Gasteiger partial charge in [0.15, 0.2) is 0 Å². The molecule has 2 aromatic rings. The van der Waals surface area contributed by atoms with Crippen molar-refractivity contribution in [1.82, 2.24) is 0 Å². The van der Waals surface area contributed by atoms with Crippen molar-refractivity contribution in [3.63, 3.8) is 0 Å². The van der Waals surface area contributed by atoms with E-state index in [9.17, 15) is 8.78 Å². The summed E-state index contributed by atoms with van der Waals surface area (Å²) in [7, 11) is 0. The highest BCUT2D eigenvalue weighted by Gasteiger charge is 2.09. The van der Waals surface area contributed by atoms with Crippen LogP contribution in [-0.4, -0.2) is 0 Å². The number of halogens is 2. The standard InChI is InChI=1S/C16H14F2/c1-11(13-6-4-3-5-7-13)12(2)15-10-14(17)8-9-16(15)18/h3-10H,1-2H3/b12-11-. The lowest BCUT2D eigenvalue weighted by Crippen LogP contribution is -1.92. The van der Waals surface area contributed by atoms with E-state index in [-0.39, 0.29) is 0 Å². The smallest absolute Gasteiger partial charge is 0.130 e. The summed E-state index contributed by atoms with van der Waals surface area (Å²) in [4.78, 5) is 0. The molecule has 0 N–H and O–H groups in total. The summed E-state index contributed by atoms with van der Waals surface area (Å²) in [6, 6.07) is 13.2. The highest BCUT2D eigenvalue weighted by molar-refractivity contribution is 5.88. The summed E-state index contributed by atoms with van der Waals surface area (Å²) in [6.07, 6.45) is 0. The van der Waals surface area contributed by atoms with Gasteiger partial charge in [-0.05, 0) is 48.8 Å². The number of hydrogen-bond donors (Lipinski definition) is 0. The Balaban J connectivity index is 2.53. The molecule has 2 rings (SSSR count). The van der Waals surface area contributed by atoms with Crippen LogP contribution in [-0.2, 0) is 0 Å². The Labute approximate surface area is 106 Å². The van der Waals surface area contributed by atoms with Gasteiger partial charge in [0.2, 0.25) is 0 Å². The molecule has 0 bridgehead atoms. The molecule has 0 aliphatic carbocycles. The van der Waals surface area contributed by atoms with Gasteiger partial charge in [-0.2, -0.15) is 0 Å². The third-order valence-corrected chi connectivity index (χ3v) is 3.10. The minimum atomic E-state index is -0.424.